The van der Waals surface area contributed by atoms with Crippen molar-refractivity contribution in [3.63, 3.8) is 0 Å². The van der Waals surface area contributed by atoms with E-state index >= 15 is 0 Å². The fraction of sp³-hybridized carbons (Fsp3) is 0.381. The van der Waals surface area contributed by atoms with Gasteiger partial charge in [0.1, 0.15) is 11.8 Å². The predicted molar refractivity (Wildman–Crippen MR) is 123 cm³/mol. The number of carbonyl (C=O) groups is 1. The molecule has 1 amide bonds. The highest BCUT2D eigenvalue weighted by Crippen LogP contribution is 2.34. The number of benzene rings is 2. The highest BCUT2D eigenvalue weighted by molar-refractivity contribution is 7.92. The lowest BCUT2D eigenvalue weighted by molar-refractivity contribution is -0.116. The fourth-order valence-corrected chi connectivity index (χ4v) is 4.78. The zero-order valence-corrected chi connectivity index (χ0v) is 19.2. The molecule has 1 fully saturated rings. The number of ether oxygens (including phenoxy) is 2. The number of hydrogen-bond acceptors (Lipinski definition) is 6. The molecule has 31 heavy (non-hydrogen) atoms. The van der Waals surface area contributed by atoms with Crippen LogP contribution < -0.4 is 19.3 Å². The molecule has 0 radical (unpaired) electrons. The molecule has 1 aliphatic rings. The van der Waals surface area contributed by atoms with Gasteiger partial charge in [0, 0.05) is 29.5 Å². The molecule has 0 saturated carbocycles. The van der Waals surface area contributed by atoms with Gasteiger partial charge in [-0.25, -0.2) is 8.42 Å². The third kappa shape index (κ3) is 5.61. The Bertz CT molecular complexity index is 1020. The number of halogens is 1. The lowest BCUT2D eigenvalue weighted by Crippen LogP contribution is -2.45. The van der Waals surface area contributed by atoms with Crippen molar-refractivity contribution in [2.24, 2.45) is 0 Å². The molecule has 0 aromatic heterocycles. The van der Waals surface area contributed by atoms with E-state index in [-0.39, 0.29) is 5.69 Å². The minimum atomic E-state index is -3.81. The minimum Gasteiger partial charge on any atom is -0.495 e. The van der Waals surface area contributed by atoms with Gasteiger partial charge in [-0.05, 0) is 49.4 Å². The van der Waals surface area contributed by atoms with Gasteiger partial charge in [0.05, 0.1) is 32.3 Å². The molecule has 10 heteroatoms. The van der Waals surface area contributed by atoms with E-state index in [1.54, 1.807) is 24.3 Å². The predicted octanol–water partition coefficient (Wildman–Crippen LogP) is 2.98. The van der Waals surface area contributed by atoms with Crippen LogP contribution in [0.3, 0.4) is 0 Å². The van der Waals surface area contributed by atoms with Gasteiger partial charge in [-0.2, -0.15) is 0 Å². The summed E-state index contributed by atoms with van der Waals surface area (Å²) in [5, 5.41) is 3.11. The number of morpholine rings is 1. The summed E-state index contributed by atoms with van der Waals surface area (Å²) in [5.41, 5.74) is 1.80. The third-order valence-corrected chi connectivity index (χ3v) is 6.44. The molecule has 168 valence electrons. The Hall–Kier alpha value is -2.49. The number of rotatable bonds is 7. The molecule has 8 nitrogen and oxygen atoms in total. The summed E-state index contributed by atoms with van der Waals surface area (Å²) < 4.78 is 36.8. The van der Waals surface area contributed by atoms with E-state index < -0.39 is 22.0 Å². The molecule has 1 atom stereocenters. The highest BCUT2D eigenvalue weighted by atomic mass is 35.5. The van der Waals surface area contributed by atoms with E-state index in [0.29, 0.717) is 29.7 Å². The van der Waals surface area contributed by atoms with Crippen LogP contribution in [-0.2, 0) is 19.6 Å². The Balaban J connectivity index is 1.80. The molecule has 0 bridgehead atoms. The number of methoxy groups -OCH3 is 1. The summed E-state index contributed by atoms with van der Waals surface area (Å²) in [7, 11) is -2.39. The monoisotopic (exact) mass is 467 g/mol. The second-order valence-corrected chi connectivity index (χ2v) is 9.48. The molecule has 1 N–H and O–H groups in total. The van der Waals surface area contributed by atoms with E-state index in [9.17, 15) is 13.2 Å². The molecule has 0 aliphatic carbocycles. The topological polar surface area (TPSA) is 88.2 Å². The average Bonchev–Trinajstić information content (AvgIpc) is 2.74. The van der Waals surface area contributed by atoms with Crippen LogP contribution in [0, 0.1) is 0 Å². The second kappa shape index (κ2) is 9.76. The maximum absolute atomic E-state index is 12.9. The first-order chi connectivity index (χ1) is 14.7. The van der Waals surface area contributed by atoms with E-state index in [0.717, 1.165) is 29.3 Å². The molecule has 3 rings (SSSR count). The molecule has 2 aromatic rings. The Labute approximate surface area is 187 Å². The normalized spacial score (nSPS) is 15.3. The second-order valence-electron chi connectivity index (χ2n) is 7.19. The van der Waals surface area contributed by atoms with Crippen LogP contribution >= 0.6 is 11.6 Å². The fourth-order valence-electron chi connectivity index (χ4n) is 3.44. The van der Waals surface area contributed by atoms with Crippen molar-refractivity contribution in [3.8, 4) is 5.75 Å². The number of sulfonamides is 1. The van der Waals surface area contributed by atoms with Gasteiger partial charge in [-0.15, -0.1) is 0 Å². The minimum absolute atomic E-state index is 0.197. The van der Waals surface area contributed by atoms with Crippen LogP contribution in [0.1, 0.15) is 6.92 Å². The number of anilines is 3. The largest absolute Gasteiger partial charge is 0.495 e. The van der Waals surface area contributed by atoms with Gasteiger partial charge in [0.25, 0.3) is 0 Å². The van der Waals surface area contributed by atoms with Crippen molar-refractivity contribution >= 4 is 44.6 Å². The summed E-state index contributed by atoms with van der Waals surface area (Å²) in [4.78, 5) is 15.1. The molecule has 0 unspecified atom stereocenters. The van der Waals surface area contributed by atoms with Crippen LogP contribution in [0.15, 0.2) is 42.5 Å². The molecule has 0 spiro atoms. The van der Waals surface area contributed by atoms with Crippen LogP contribution in [0.25, 0.3) is 0 Å². The summed E-state index contributed by atoms with van der Waals surface area (Å²) >= 11 is 6.07. The molecular weight excluding hydrogens is 442 g/mol. The number of hydrogen-bond donors (Lipinski definition) is 1. The first-order valence-corrected chi connectivity index (χ1v) is 12.0. The number of nitrogens with zero attached hydrogens (tertiary/aromatic N) is 2. The van der Waals surface area contributed by atoms with Crippen molar-refractivity contribution in [3.05, 3.63) is 47.5 Å². The number of carbonyl (C=O) groups excluding carboxylic acids is 1. The molecule has 1 saturated heterocycles. The van der Waals surface area contributed by atoms with Crippen molar-refractivity contribution in [2.45, 2.75) is 13.0 Å². The summed E-state index contributed by atoms with van der Waals surface area (Å²) in [5.74, 6) is -0.184. The van der Waals surface area contributed by atoms with Crippen LogP contribution in [0.2, 0.25) is 5.02 Å². The van der Waals surface area contributed by atoms with Gasteiger partial charge >= 0.3 is 0 Å². The van der Waals surface area contributed by atoms with Crippen LogP contribution in [0.4, 0.5) is 17.1 Å². The Morgan fingerprint density at radius 2 is 1.84 bits per heavy atom. The standard InChI is InChI=1S/C21H26ClN3O5S/c1-15(25(31(3,27)28)19-14-16(22)4-9-20(19)29-2)21(26)23-17-5-7-18(8-6-17)24-10-12-30-13-11-24/h4-9,14-15H,10-13H2,1-3H3,(H,23,26)/t15-/m0/s1. The summed E-state index contributed by atoms with van der Waals surface area (Å²) in [6.45, 7) is 4.51. The SMILES string of the molecule is COc1ccc(Cl)cc1N([C@@H](C)C(=O)Nc1ccc(N2CCOCC2)cc1)S(C)(=O)=O. The zero-order valence-electron chi connectivity index (χ0n) is 17.7. The molecule has 2 aromatic carbocycles. The van der Waals surface area contributed by atoms with E-state index in [1.165, 1.54) is 20.1 Å². The Morgan fingerprint density at radius 1 is 1.19 bits per heavy atom. The van der Waals surface area contributed by atoms with Crippen molar-refractivity contribution in [1.29, 1.82) is 0 Å². The number of amides is 1. The van der Waals surface area contributed by atoms with Gasteiger partial charge in [0.2, 0.25) is 15.9 Å². The maximum Gasteiger partial charge on any atom is 0.247 e. The van der Waals surface area contributed by atoms with Crippen molar-refractivity contribution in [2.75, 3.05) is 54.2 Å². The van der Waals surface area contributed by atoms with Gasteiger partial charge in [-0.3, -0.25) is 9.10 Å². The Morgan fingerprint density at radius 3 is 2.42 bits per heavy atom. The van der Waals surface area contributed by atoms with Crippen LogP contribution in [-0.4, -0.2) is 60.0 Å². The smallest absolute Gasteiger partial charge is 0.247 e. The first kappa shape index (κ1) is 23.2. The maximum atomic E-state index is 12.9. The lowest BCUT2D eigenvalue weighted by atomic mass is 10.2. The van der Waals surface area contributed by atoms with Gasteiger partial charge in [-0.1, -0.05) is 11.6 Å². The summed E-state index contributed by atoms with van der Waals surface area (Å²) in [6.07, 6.45) is 1.04. The average molecular weight is 468 g/mol. The van der Waals surface area contributed by atoms with Gasteiger partial charge in [0.15, 0.2) is 0 Å². The van der Waals surface area contributed by atoms with E-state index in [2.05, 4.69) is 10.2 Å². The van der Waals surface area contributed by atoms with E-state index in [4.69, 9.17) is 21.1 Å². The molecule has 1 aliphatic heterocycles. The molecule has 1 heterocycles. The van der Waals surface area contributed by atoms with Crippen molar-refractivity contribution < 1.29 is 22.7 Å². The van der Waals surface area contributed by atoms with Crippen molar-refractivity contribution in [1.82, 2.24) is 0 Å². The number of nitrogens with one attached hydrogen (secondary N) is 1. The highest BCUT2D eigenvalue weighted by Gasteiger charge is 2.31. The Kier molecular flexibility index (Phi) is 7.30. The van der Waals surface area contributed by atoms with E-state index in [1.807, 2.05) is 12.1 Å². The summed E-state index contributed by atoms with van der Waals surface area (Å²) in [6, 6.07) is 11.0. The molecular formula is C21H26ClN3O5S. The van der Waals surface area contributed by atoms with Crippen LogP contribution in [0.5, 0.6) is 5.75 Å². The lowest BCUT2D eigenvalue weighted by Gasteiger charge is -2.30. The van der Waals surface area contributed by atoms with Gasteiger partial charge < -0.3 is 19.7 Å². The quantitative estimate of drug-likeness (QED) is 0.673. The zero-order chi connectivity index (χ0) is 22.6. The third-order valence-electron chi connectivity index (χ3n) is 4.98. The first-order valence-electron chi connectivity index (χ1n) is 9.77.